The largest absolute Gasteiger partial charge is 0.465 e. The Labute approximate surface area is 125 Å². The van der Waals surface area contributed by atoms with Gasteiger partial charge in [0.25, 0.3) is 0 Å². The van der Waals surface area contributed by atoms with Crippen LogP contribution < -0.4 is 5.32 Å². The highest BCUT2D eigenvalue weighted by molar-refractivity contribution is 9.10. The summed E-state index contributed by atoms with van der Waals surface area (Å²) in [5.41, 5.74) is 1.56. The number of ether oxygens (including phenoxy) is 1. The Bertz CT molecular complexity index is 607. The smallest absolute Gasteiger partial charge is 0.322 e. The molecule has 1 saturated heterocycles. The van der Waals surface area contributed by atoms with Crippen LogP contribution in [0, 0.1) is 5.92 Å². The lowest BCUT2D eigenvalue weighted by atomic mass is 10.0. The molecule has 1 fully saturated rings. The Balaban J connectivity index is 2.26. The number of esters is 1. The second-order valence-electron chi connectivity index (χ2n) is 4.31. The third-order valence-electron chi connectivity index (χ3n) is 2.85. The topological polar surface area (TPSA) is 55.4 Å². The zero-order valence-corrected chi connectivity index (χ0v) is 12.6. The molecule has 2 rings (SSSR count). The van der Waals surface area contributed by atoms with E-state index in [-0.39, 0.29) is 12.4 Å². The molecule has 1 N–H and O–H groups in total. The van der Waals surface area contributed by atoms with Crippen molar-refractivity contribution in [3.8, 4) is 0 Å². The molecule has 0 amide bonds. The van der Waals surface area contributed by atoms with Gasteiger partial charge in [0.05, 0.1) is 12.3 Å². The predicted molar refractivity (Wildman–Crippen MR) is 79.5 cm³/mol. The van der Waals surface area contributed by atoms with Gasteiger partial charge >= 0.3 is 5.97 Å². The number of carbonyl (C=O) groups is 2. The van der Waals surface area contributed by atoms with Gasteiger partial charge in [0.2, 0.25) is 0 Å². The number of Topliss-reactive ketones (excluding diaryl/α,β-unsaturated/α-hetero) is 1. The van der Waals surface area contributed by atoms with E-state index in [1.807, 2.05) is 24.3 Å². The van der Waals surface area contributed by atoms with Crippen molar-refractivity contribution in [3.05, 3.63) is 52.3 Å². The van der Waals surface area contributed by atoms with E-state index in [9.17, 15) is 9.59 Å². The Morgan fingerprint density at radius 3 is 2.95 bits per heavy atom. The van der Waals surface area contributed by atoms with Crippen LogP contribution in [-0.4, -0.2) is 18.4 Å². The van der Waals surface area contributed by atoms with Gasteiger partial charge < -0.3 is 10.1 Å². The van der Waals surface area contributed by atoms with E-state index >= 15 is 0 Å². The van der Waals surface area contributed by atoms with Crippen LogP contribution in [0.25, 0.3) is 6.08 Å². The van der Waals surface area contributed by atoms with Crippen molar-refractivity contribution in [2.45, 2.75) is 6.92 Å². The summed E-state index contributed by atoms with van der Waals surface area (Å²) in [5.74, 6) is -1.82. The average Bonchev–Trinajstić information content (AvgIpc) is 2.65. The summed E-state index contributed by atoms with van der Waals surface area (Å²) in [6, 6.07) is 7.51. The first-order valence-electron chi connectivity index (χ1n) is 6.17. The first kappa shape index (κ1) is 14.5. The molecule has 0 spiro atoms. The molecule has 1 aromatic carbocycles. The van der Waals surface area contributed by atoms with Gasteiger partial charge in [-0.1, -0.05) is 34.6 Å². The van der Waals surface area contributed by atoms with Crippen LogP contribution in [-0.2, 0) is 14.3 Å². The van der Waals surface area contributed by atoms with Crippen molar-refractivity contribution in [1.82, 2.24) is 5.32 Å². The fraction of sp³-hybridized carbons (Fsp3) is 0.200. The quantitative estimate of drug-likeness (QED) is 0.524. The minimum Gasteiger partial charge on any atom is -0.465 e. The summed E-state index contributed by atoms with van der Waals surface area (Å²) in [7, 11) is 0. The van der Waals surface area contributed by atoms with E-state index in [1.165, 1.54) is 0 Å². The van der Waals surface area contributed by atoms with E-state index in [4.69, 9.17) is 4.74 Å². The summed E-state index contributed by atoms with van der Waals surface area (Å²) < 4.78 is 5.80. The first-order chi connectivity index (χ1) is 9.52. The van der Waals surface area contributed by atoms with E-state index in [0.29, 0.717) is 11.4 Å². The molecular formula is C15H14BrNO3. The zero-order chi connectivity index (χ0) is 14.7. The number of rotatable bonds is 3. The van der Waals surface area contributed by atoms with Gasteiger partial charge in [-0.05, 0) is 30.7 Å². The summed E-state index contributed by atoms with van der Waals surface area (Å²) in [5, 5.41) is 2.86. The number of benzene rings is 1. The van der Waals surface area contributed by atoms with Crippen LogP contribution in [0.3, 0.4) is 0 Å². The highest BCUT2D eigenvalue weighted by atomic mass is 79.9. The van der Waals surface area contributed by atoms with E-state index in [0.717, 1.165) is 10.0 Å². The number of nitrogens with one attached hydrogen (secondary N) is 1. The van der Waals surface area contributed by atoms with Gasteiger partial charge in [-0.25, -0.2) is 0 Å². The lowest BCUT2D eigenvalue weighted by Gasteiger charge is -2.06. The highest BCUT2D eigenvalue weighted by Gasteiger charge is 2.39. The number of allylic oxidation sites excluding steroid dienone is 1. The van der Waals surface area contributed by atoms with E-state index in [1.54, 1.807) is 13.0 Å². The summed E-state index contributed by atoms with van der Waals surface area (Å²) in [6.07, 6.45) is 1.69. The predicted octanol–water partition coefficient (Wildman–Crippen LogP) is 2.66. The van der Waals surface area contributed by atoms with Crippen molar-refractivity contribution >= 4 is 33.8 Å². The molecule has 1 heterocycles. The summed E-state index contributed by atoms with van der Waals surface area (Å²) in [4.78, 5) is 24.0. The highest BCUT2D eigenvalue weighted by Crippen LogP contribution is 2.25. The lowest BCUT2D eigenvalue weighted by molar-refractivity contribution is -0.148. The molecule has 5 heteroatoms. The molecule has 0 bridgehead atoms. The maximum Gasteiger partial charge on any atom is 0.322 e. The number of hydrogen-bond acceptors (Lipinski definition) is 4. The molecule has 1 unspecified atom stereocenters. The van der Waals surface area contributed by atoms with Crippen molar-refractivity contribution in [2.24, 2.45) is 5.92 Å². The normalized spacial score (nSPS) is 20.1. The molecule has 20 heavy (non-hydrogen) atoms. The van der Waals surface area contributed by atoms with Crippen LogP contribution >= 0.6 is 15.9 Å². The maximum atomic E-state index is 12.2. The third-order valence-corrected chi connectivity index (χ3v) is 3.35. The van der Waals surface area contributed by atoms with Crippen LogP contribution in [0.15, 0.2) is 46.7 Å². The number of ketones is 1. The van der Waals surface area contributed by atoms with Crippen LogP contribution in [0.4, 0.5) is 0 Å². The molecule has 1 aliphatic rings. The Hall–Kier alpha value is -1.88. The van der Waals surface area contributed by atoms with Gasteiger partial charge in [-0.3, -0.25) is 9.59 Å². The fourth-order valence-electron chi connectivity index (χ4n) is 1.97. The minimum absolute atomic E-state index is 0.237. The molecule has 0 aromatic heterocycles. The zero-order valence-electron chi connectivity index (χ0n) is 11.0. The van der Waals surface area contributed by atoms with Crippen LogP contribution in [0.2, 0.25) is 0 Å². The Morgan fingerprint density at radius 1 is 1.55 bits per heavy atom. The van der Waals surface area contributed by atoms with Gasteiger partial charge in [0, 0.05) is 10.2 Å². The van der Waals surface area contributed by atoms with Gasteiger partial charge in [-0.15, -0.1) is 0 Å². The van der Waals surface area contributed by atoms with Crippen LogP contribution in [0.5, 0.6) is 0 Å². The molecule has 0 saturated carbocycles. The second kappa shape index (κ2) is 6.05. The lowest BCUT2D eigenvalue weighted by Crippen LogP contribution is -2.23. The van der Waals surface area contributed by atoms with Crippen LogP contribution in [0.1, 0.15) is 12.5 Å². The van der Waals surface area contributed by atoms with Crippen molar-refractivity contribution in [1.29, 1.82) is 0 Å². The summed E-state index contributed by atoms with van der Waals surface area (Å²) >= 11 is 3.37. The number of carbonyl (C=O) groups excluding carboxylic acids is 2. The molecule has 1 atom stereocenters. The SMILES string of the molecule is C=C1NC(=Cc2cccc(Br)c2)C(=O)C1C(=O)OCC. The third kappa shape index (κ3) is 2.99. The van der Waals surface area contributed by atoms with Gasteiger partial charge in [-0.2, -0.15) is 0 Å². The van der Waals surface area contributed by atoms with Gasteiger partial charge in [0.15, 0.2) is 11.7 Å². The standard InChI is InChI=1S/C15H14BrNO3/c1-3-20-15(19)13-9(2)17-12(14(13)18)8-10-5-4-6-11(16)7-10/h4-8,13,17H,2-3H2,1H3. The van der Waals surface area contributed by atoms with E-state index in [2.05, 4.69) is 27.8 Å². The van der Waals surface area contributed by atoms with Crippen molar-refractivity contribution < 1.29 is 14.3 Å². The Morgan fingerprint density at radius 2 is 2.30 bits per heavy atom. The number of halogens is 1. The van der Waals surface area contributed by atoms with Crippen molar-refractivity contribution in [2.75, 3.05) is 6.61 Å². The van der Waals surface area contributed by atoms with Gasteiger partial charge in [0.1, 0.15) is 0 Å². The maximum absolute atomic E-state index is 12.2. The monoisotopic (exact) mass is 335 g/mol. The molecule has 1 aromatic rings. The summed E-state index contributed by atoms with van der Waals surface area (Å²) in [6.45, 7) is 5.65. The Kier molecular flexibility index (Phi) is 4.39. The molecular weight excluding hydrogens is 322 g/mol. The molecule has 1 aliphatic heterocycles. The molecule has 4 nitrogen and oxygen atoms in total. The molecule has 0 radical (unpaired) electrons. The minimum atomic E-state index is -0.951. The molecule has 104 valence electrons. The van der Waals surface area contributed by atoms with Crippen molar-refractivity contribution in [3.63, 3.8) is 0 Å². The first-order valence-corrected chi connectivity index (χ1v) is 6.96. The second-order valence-corrected chi connectivity index (χ2v) is 5.23. The number of hydrogen-bond donors (Lipinski definition) is 1. The fourth-order valence-corrected chi connectivity index (χ4v) is 2.38. The average molecular weight is 336 g/mol. The van der Waals surface area contributed by atoms with E-state index < -0.39 is 11.9 Å². The molecule has 0 aliphatic carbocycles.